The lowest BCUT2D eigenvalue weighted by Crippen LogP contribution is -2.55. The highest BCUT2D eigenvalue weighted by Crippen LogP contribution is 2.21. The maximum absolute atomic E-state index is 13.2. The summed E-state index contributed by atoms with van der Waals surface area (Å²) in [5.74, 6) is -0.950. The van der Waals surface area contributed by atoms with Crippen LogP contribution in [0.1, 0.15) is 27.2 Å². The fourth-order valence-electron chi connectivity index (χ4n) is 5.12. The van der Waals surface area contributed by atoms with Gasteiger partial charge >= 0.3 is 5.97 Å². The quantitative estimate of drug-likeness (QED) is 0.301. The molecule has 1 unspecified atom stereocenters. The van der Waals surface area contributed by atoms with E-state index in [0.717, 1.165) is 27.7 Å². The predicted molar refractivity (Wildman–Crippen MR) is 154 cm³/mol. The number of aryl methyl sites for hydroxylation is 1. The molecule has 0 bridgehead atoms. The molecule has 2 N–H and O–H groups in total. The van der Waals surface area contributed by atoms with E-state index in [9.17, 15) is 19.1 Å². The number of carbonyl (C=O) groups is 2. The van der Waals surface area contributed by atoms with Crippen LogP contribution in [-0.4, -0.2) is 70.5 Å². The third-order valence-electron chi connectivity index (χ3n) is 7.35. The Morgan fingerprint density at radius 3 is 2.41 bits per heavy atom. The van der Waals surface area contributed by atoms with Gasteiger partial charge in [0, 0.05) is 61.5 Å². The number of benzene rings is 3. The highest BCUT2D eigenvalue weighted by molar-refractivity contribution is 5.94. The van der Waals surface area contributed by atoms with E-state index in [-0.39, 0.29) is 18.3 Å². The van der Waals surface area contributed by atoms with Crippen LogP contribution in [0.3, 0.4) is 0 Å². The zero-order valence-electron chi connectivity index (χ0n) is 22.9. The monoisotopic (exact) mass is 556 g/mol. The summed E-state index contributed by atoms with van der Waals surface area (Å²) in [5.41, 5.74) is 4.31. The summed E-state index contributed by atoms with van der Waals surface area (Å²) in [4.78, 5) is 33.5. The topological polar surface area (TPSA) is 95.0 Å². The molecule has 5 rings (SSSR count). The molecule has 1 fully saturated rings. The van der Waals surface area contributed by atoms with Gasteiger partial charge in [-0.05, 0) is 61.0 Å². The maximum atomic E-state index is 13.2. The summed E-state index contributed by atoms with van der Waals surface area (Å²) in [6, 6.07) is 22.3. The molecule has 1 aromatic heterocycles. The molecule has 0 aliphatic carbocycles. The second-order valence-corrected chi connectivity index (χ2v) is 10.3. The first-order chi connectivity index (χ1) is 19.9. The standard InChI is InChI=1S/C32H33FN4O4/c1-22-18-25(28-4-2-3-5-29(28)35-22)21-41-27-12-8-24(9-13-27)31(38)34-19-30(32(39)40)37-16-14-36(15-17-37)20-23-6-10-26(33)11-7-23/h2-13,18,30H,14-17,19-21H2,1H3,(H,34,38)(H,39,40). The highest BCUT2D eigenvalue weighted by Gasteiger charge is 2.29. The van der Waals surface area contributed by atoms with Crippen LogP contribution in [0.5, 0.6) is 5.75 Å². The second-order valence-electron chi connectivity index (χ2n) is 10.3. The van der Waals surface area contributed by atoms with Gasteiger partial charge in [0.2, 0.25) is 0 Å². The normalized spacial score (nSPS) is 15.0. The highest BCUT2D eigenvalue weighted by atomic mass is 19.1. The third kappa shape index (κ3) is 7.25. The van der Waals surface area contributed by atoms with Gasteiger partial charge in [-0.2, -0.15) is 0 Å². The van der Waals surface area contributed by atoms with E-state index in [1.54, 1.807) is 36.4 Å². The van der Waals surface area contributed by atoms with Crippen LogP contribution in [0.4, 0.5) is 4.39 Å². The molecular weight excluding hydrogens is 523 g/mol. The van der Waals surface area contributed by atoms with Crippen molar-refractivity contribution in [3.63, 3.8) is 0 Å². The first-order valence-electron chi connectivity index (χ1n) is 13.7. The van der Waals surface area contributed by atoms with Crippen molar-refractivity contribution in [3.05, 3.63) is 107 Å². The molecule has 2 heterocycles. The number of aliphatic carboxylic acids is 1. The summed E-state index contributed by atoms with van der Waals surface area (Å²) < 4.78 is 19.2. The molecule has 8 nitrogen and oxygen atoms in total. The number of nitrogens with one attached hydrogen (secondary N) is 1. The van der Waals surface area contributed by atoms with E-state index in [1.807, 2.05) is 42.2 Å². The summed E-state index contributed by atoms with van der Waals surface area (Å²) in [5, 5.41) is 13.7. The van der Waals surface area contributed by atoms with Crippen molar-refractivity contribution < 1.29 is 23.8 Å². The largest absolute Gasteiger partial charge is 0.489 e. The number of hydrogen-bond acceptors (Lipinski definition) is 6. The van der Waals surface area contributed by atoms with Gasteiger partial charge in [0.25, 0.3) is 5.91 Å². The number of hydrogen-bond donors (Lipinski definition) is 2. The van der Waals surface area contributed by atoms with E-state index in [0.29, 0.717) is 50.6 Å². The summed E-state index contributed by atoms with van der Waals surface area (Å²) in [6.45, 7) is 5.50. The van der Waals surface area contributed by atoms with Crippen LogP contribution in [0.15, 0.2) is 78.9 Å². The smallest absolute Gasteiger partial charge is 0.322 e. The van der Waals surface area contributed by atoms with E-state index in [1.165, 1.54) is 12.1 Å². The average molecular weight is 557 g/mol. The number of pyridine rings is 1. The molecule has 0 saturated carbocycles. The number of amides is 1. The summed E-state index contributed by atoms with van der Waals surface area (Å²) >= 11 is 0. The SMILES string of the molecule is Cc1cc(COc2ccc(C(=O)NCC(C(=O)O)N3CCN(Cc4ccc(F)cc4)CC3)cc2)c2ccccc2n1. The van der Waals surface area contributed by atoms with Gasteiger partial charge < -0.3 is 15.2 Å². The van der Waals surface area contributed by atoms with E-state index < -0.39 is 12.0 Å². The zero-order chi connectivity index (χ0) is 28.8. The number of halogens is 1. The Morgan fingerprint density at radius 1 is 1.00 bits per heavy atom. The number of nitrogens with zero attached hydrogens (tertiary/aromatic N) is 3. The van der Waals surface area contributed by atoms with Crippen molar-refractivity contribution in [3.8, 4) is 5.75 Å². The molecule has 1 saturated heterocycles. The number of carboxylic acids is 1. The first kappa shape index (κ1) is 28.2. The molecule has 1 aliphatic rings. The van der Waals surface area contributed by atoms with Crippen molar-refractivity contribution in [2.24, 2.45) is 0 Å². The zero-order valence-corrected chi connectivity index (χ0v) is 22.9. The molecule has 1 amide bonds. The summed E-state index contributed by atoms with van der Waals surface area (Å²) in [7, 11) is 0. The molecule has 0 radical (unpaired) electrons. The number of carboxylic acid groups (broad SMARTS) is 1. The summed E-state index contributed by atoms with van der Waals surface area (Å²) in [6.07, 6.45) is 0. The van der Waals surface area contributed by atoms with E-state index >= 15 is 0 Å². The van der Waals surface area contributed by atoms with Crippen LogP contribution in [0, 0.1) is 12.7 Å². The molecule has 41 heavy (non-hydrogen) atoms. The van der Waals surface area contributed by atoms with Crippen molar-refractivity contribution in [1.29, 1.82) is 0 Å². The lowest BCUT2D eigenvalue weighted by molar-refractivity contribution is -0.143. The van der Waals surface area contributed by atoms with Crippen molar-refractivity contribution in [2.45, 2.75) is 26.1 Å². The fourth-order valence-corrected chi connectivity index (χ4v) is 5.12. The molecule has 1 aliphatic heterocycles. The van der Waals surface area contributed by atoms with Gasteiger partial charge in [-0.15, -0.1) is 0 Å². The van der Waals surface area contributed by atoms with Crippen LogP contribution >= 0.6 is 0 Å². The van der Waals surface area contributed by atoms with Gasteiger partial charge in [0.05, 0.1) is 5.52 Å². The molecular formula is C32H33FN4O4. The lowest BCUT2D eigenvalue weighted by atomic mass is 10.1. The van der Waals surface area contributed by atoms with Crippen molar-refractivity contribution in [1.82, 2.24) is 20.1 Å². The minimum Gasteiger partial charge on any atom is -0.489 e. The Hall–Kier alpha value is -4.34. The number of rotatable bonds is 10. The number of piperazine rings is 1. The molecule has 212 valence electrons. The average Bonchev–Trinajstić information content (AvgIpc) is 2.98. The predicted octanol–water partition coefficient (Wildman–Crippen LogP) is 4.26. The van der Waals surface area contributed by atoms with Gasteiger partial charge in [-0.3, -0.25) is 24.4 Å². The Balaban J connectivity index is 1.11. The number of para-hydroxylation sites is 1. The second kappa shape index (κ2) is 12.9. The van der Waals surface area contributed by atoms with Gasteiger partial charge in [-0.1, -0.05) is 30.3 Å². The molecule has 0 spiro atoms. The van der Waals surface area contributed by atoms with Crippen LogP contribution in [0.2, 0.25) is 0 Å². The third-order valence-corrected chi connectivity index (χ3v) is 7.35. The van der Waals surface area contributed by atoms with Crippen LogP contribution < -0.4 is 10.1 Å². The number of carbonyl (C=O) groups excluding carboxylic acids is 1. The number of ether oxygens (including phenoxy) is 1. The van der Waals surface area contributed by atoms with Crippen molar-refractivity contribution in [2.75, 3.05) is 32.7 Å². The Kier molecular flexibility index (Phi) is 8.86. The van der Waals surface area contributed by atoms with Crippen molar-refractivity contribution >= 4 is 22.8 Å². The van der Waals surface area contributed by atoms with Crippen LogP contribution in [-0.2, 0) is 17.9 Å². The lowest BCUT2D eigenvalue weighted by Gasteiger charge is -2.37. The Labute approximate surface area is 238 Å². The maximum Gasteiger partial charge on any atom is 0.322 e. The number of fused-ring (bicyclic) bond motifs is 1. The van der Waals surface area contributed by atoms with E-state index in [2.05, 4.69) is 15.2 Å². The first-order valence-corrected chi connectivity index (χ1v) is 13.7. The molecule has 3 aromatic carbocycles. The van der Waals surface area contributed by atoms with Crippen LogP contribution in [0.25, 0.3) is 10.9 Å². The minimum atomic E-state index is -0.972. The fraction of sp³-hybridized carbons (Fsp3) is 0.281. The van der Waals surface area contributed by atoms with Gasteiger partial charge in [0.1, 0.15) is 24.2 Å². The Morgan fingerprint density at radius 2 is 1.71 bits per heavy atom. The molecule has 1 atom stereocenters. The molecule has 4 aromatic rings. The van der Waals surface area contributed by atoms with Gasteiger partial charge in [-0.25, -0.2) is 4.39 Å². The Bertz CT molecular complexity index is 1500. The van der Waals surface area contributed by atoms with E-state index in [4.69, 9.17) is 4.74 Å². The molecule has 9 heteroatoms. The number of aromatic nitrogens is 1. The minimum absolute atomic E-state index is 0.00114. The van der Waals surface area contributed by atoms with Gasteiger partial charge in [0.15, 0.2) is 0 Å².